The lowest BCUT2D eigenvalue weighted by atomic mass is 10.0. The van der Waals surface area contributed by atoms with Crippen LogP contribution >= 0.6 is 22.6 Å². The van der Waals surface area contributed by atoms with Crippen molar-refractivity contribution in [1.82, 2.24) is 5.32 Å². The highest BCUT2D eigenvalue weighted by Gasteiger charge is 2.09. The molecule has 1 N–H and O–H groups in total. The molecule has 1 aliphatic rings. The van der Waals surface area contributed by atoms with E-state index in [4.69, 9.17) is 0 Å². The molecule has 0 spiro atoms. The summed E-state index contributed by atoms with van der Waals surface area (Å²) in [6.07, 6.45) is 2.78. The molecule has 100 valence electrons. The highest BCUT2D eigenvalue weighted by Crippen LogP contribution is 2.13. The maximum Gasteiger partial charge on any atom is 0.293 e. The average molecular weight is 361 g/mol. The molecule has 18 heavy (non-hydrogen) atoms. The Kier molecular flexibility index (Phi) is 8.85. The Morgan fingerprint density at radius 2 is 1.94 bits per heavy atom. The second-order valence-electron chi connectivity index (χ2n) is 4.24. The quantitative estimate of drug-likeness (QED) is 0.509. The first-order chi connectivity index (χ1) is 8.86. The van der Waals surface area contributed by atoms with Crippen LogP contribution in [0.4, 0.5) is 0 Å². The summed E-state index contributed by atoms with van der Waals surface area (Å²) in [4.78, 5) is 9.76. The fourth-order valence-corrected chi connectivity index (χ4v) is 2.62. The monoisotopic (exact) mass is 361 g/mol. The normalized spacial score (nSPS) is 15.4. The van der Waals surface area contributed by atoms with Crippen molar-refractivity contribution >= 4 is 29.1 Å². The van der Waals surface area contributed by atoms with E-state index in [-0.39, 0.29) is 0 Å². The van der Waals surface area contributed by atoms with Crippen LogP contribution in [0.3, 0.4) is 0 Å². The third-order valence-corrected chi connectivity index (χ3v) is 4.08. The maximum absolute atomic E-state index is 9.76. The minimum atomic E-state index is 0.365. The number of hydrogen-bond donors (Lipinski definition) is 1. The molecule has 0 saturated carbocycles. The first-order valence-corrected chi connectivity index (χ1v) is 7.75. The van der Waals surface area contributed by atoms with Crippen LogP contribution in [-0.2, 0) is 16.1 Å². The van der Waals surface area contributed by atoms with Crippen molar-refractivity contribution < 1.29 is 9.53 Å². The zero-order valence-electron chi connectivity index (χ0n) is 10.5. The van der Waals surface area contributed by atoms with E-state index < -0.39 is 0 Å². The Bertz CT molecular complexity index is 313. The number of carbonyl (C=O) groups is 1. The molecule has 1 heterocycles. The van der Waals surface area contributed by atoms with Gasteiger partial charge in [-0.2, -0.15) is 0 Å². The van der Waals surface area contributed by atoms with E-state index in [1.165, 1.54) is 30.4 Å². The molecule has 0 bridgehead atoms. The van der Waals surface area contributed by atoms with Crippen LogP contribution in [-0.4, -0.2) is 24.0 Å². The standard InChI is InChI=1S/C8H8O2.C6H12IN/c9-7-10-6-8-4-2-1-3-5-8;7-5-6-1-3-8-4-2-6/h1-5,7H,6H2;6,8H,1-5H2. The molecule has 1 aromatic carbocycles. The van der Waals surface area contributed by atoms with Gasteiger partial charge in [-0.25, -0.2) is 0 Å². The molecule has 0 aromatic heterocycles. The van der Waals surface area contributed by atoms with Crippen LogP contribution in [0.25, 0.3) is 0 Å². The molecule has 0 unspecified atom stereocenters. The number of halogens is 1. The molecule has 0 aliphatic carbocycles. The van der Waals surface area contributed by atoms with Crippen LogP contribution in [0.1, 0.15) is 18.4 Å². The minimum Gasteiger partial charge on any atom is -0.463 e. The zero-order valence-corrected chi connectivity index (χ0v) is 12.6. The highest BCUT2D eigenvalue weighted by atomic mass is 127. The van der Waals surface area contributed by atoms with Crippen LogP contribution in [0.2, 0.25) is 0 Å². The van der Waals surface area contributed by atoms with Gasteiger partial charge in [-0.3, -0.25) is 4.79 Å². The third kappa shape index (κ3) is 6.96. The SMILES string of the molecule is ICC1CCNCC1.O=COCc1ccccc1. The van der Waals surface area contributed by atoms with Crippen molar-refractivity contribution in [2.24, 2.45) is 5.92 Å². The summed E-state index contributed by atoms with van der Waals surface area (Å²) in [6, 6.07) is 9.55. The molecule has 1 aromatic rings. The van der Waals surface area contributed by atoms with E-state index in [0.29, 0.717) is 13.1 Å². The number of ether oxygens (including phenoxy) is 1. The zero-order chi connectivity index (χ0) is 13.1. The Labute approximate surface area is 122 Å². The van der Waals surface area contributed by atoms with Gasteiger partial charge in [0.05, 0.1) is 0 Å². The number of piperidine rings is 1. The third-order valence-electron chi connectivity index (χ3n) is 2.84. The van der Waals surface area contributed by atoms with Crippen LogP contribution in [0.15, 0.2) is 30.3 Å². The van der Waals surface area contributed by atoms with Gasteiger partial charge >= 0.3 is 0 Å². The van der Waals surface area contributed by atoms with Crippen molar-refractivity contribution in [3.63, 3.8) is 0 Å². The second kappa shape index (κ2) is 10.3. The van der Waals surface area contributed by atoms with Gasteiger partial charge in [-0.1, -0.05) is 52.9 Å². The van der Waals surface area contributed by atoms with Gasteiger partial charge in [0.25, 0.3) is 6.47 Å². The molecule has 4 heteroatoms. The van der Waals surface area contributed by atoms with E-state index in [1.54, 1.807) is 0 Å². The molecule has 1 saturated heterocycles. The van der Waals surface area contributed by atoms with Crippen molar-refractivity contribution in [1.29, 1.82) is 0 Å². The molecule has 0 atom stereocenters. The number of carbonyl (C=O) groups excluding carboxylic acids is 1. The fraction of sp³-hybridized carbons (Fsp3) is 0.500. The number of alkyl halides is 1. The molecule has 1 fully saturated rings. The summed E-state index contributed by atoms with van der Waals surface area (Å²) in [5.74, 6) is 1.01. The van der Waals surface area contributed by atoms with E-state index in [1.807, 2.05) is 30.3 Å². The largest absolute Gasteiger partial charge is 0.463 e. The van der Waals surface area contributed by atoms with Crippen molar-refractivity contribution in [2.45, 2.75) is 19.4 Å². The molecular formula is C14H20INO2. The number of rotatable bonds is 4. The topological polar surface area (TPSA) is 38.3 Å². The highest BCUT2D eigenvalue weighted by molar-refractivity contribution is 14.1. The van der Waals surface area contributed by atoms with Crippen LogP contribution in [0, 0.1) is 5.92 Å². The smallest absolute Gasteiger partial charge is 0.293 e. The Morgan fingerprint density at radius 3 is 2.44 bits per heavy atom. The number of nitrogens with one attached hydrogen (secondary N) is 1. The van der Waals surface area contributed by atoms with Crippen molar-refractivity contribution in [3.8, 4) is 0 Å². The van der Waals surface area contributed by atoms with E-state index >= 15 is 0 Å². The van der Waals surface area contributed by atoms with Crippen molar-refractivity contribution in [2.75, 3.05) is 17.5 Å². The van der Waals surface area contributed by atoms with E-state index in [9.17, 15) is 4.79 Å². The number of benzene rings is 1. The van der Waals surface area contributed by atoms with E-state index in [2.05, 4.69) is 32.6 Å². The summed E-state index contributed by atoms with van der Waals surface area (Å²) in [5, 5.41) is 3.35. The number of hydrogen-bond acceptors (Lipinski definition) is 3. The second-order valence-corrected chi connectivity index (χ2v) is 5.12. The summed E-state index contributed by atoms with van der Waals surface area (Å²) in [7, 11) is 0. The summed E-state index contributed by atoms with van der Waals surface area (Å²) >= 11 is 2.48. The Balaban J connectivity index is 0.000000184. The molecule has 1 aliphatic heterocycles. The lowest BCUT2D eigenvalue weighted by molar-refractivity contribution is -0.129. The van der Waals surface area contributed by atoms with Crippen LogP contribution in [0.5, 0.6) is 0 Å². The van der Waals surface area contributed by atoms with Gasteiger partial charge in [0.2, 0.25) is 0 Å². The Hall–Kier alpha value is -0.620. The predicted molar refractivity (Wildman–Crippen MR) is 81.8 cm³/mol. The van der Waals surface area contributed by atoms with E-state index in [0.717, 1.165) is 11.5 Å². The van der Waals surface area contributed by atoms with Gasteiger partial charge in [0.1, 0.15) is 6.61 Å². The van der Waals surface area contributed by atoms with Gasteiger partial charge in [-0.05, 0) is 37.4 Å². The molecule has 0 radical (unpaired) electrons. The minimum absolute atomic E-state index is 0.365. The molecule has 2 rings (SSSR count). The lowest BCUT2D eigenvalue weighted by Gasteiger charge is -2.19. The summed E-state index contributed by atoms with van der Waals surface area (Å²) in [5.41, 5.74) is 1.01. The lowest BCUT2D eigenvalue weighted by Crippen LogP contribution is -2.28. The average Bonchev–Trinajstić information content (AvgIpc) is 2.48. The first kappa shape index (κ1) is 15.4. The van der Waals surface area contributed by atoms with Gasteiger partial charge in [0.15, 0.2) is 0 Å². The molecule has 0 amide bonds. The summed E-state index contributed by atoms with van der Waals surface area (Å²) < 4.78 is 5.89. The van der Waals surface area contributed by atoms with Gasteiger partial charge in [-0.15, -0.1) is 0 Å². The van der Waals surface area contributed by atoms with Crippen molar-refractivity contribution in [3.05, 3.63) is 35.9 Å². The van der Waals surface area contributed by atoms with Crippen LogP contribution < -0.4 is 5.32 Å². The maximum atomic E-state index is 9.76. The first-order valence-electron chi connectivity index (χ1n) is 6.22. The van der Waals surface area contributed by atoms with Gasteiger partial charge in [0, 0.05) is 4.43 Å². The Morgan fingerprint density at radius 1 is 1.28 bits per heavy atom. The van der Waals surface area contributed by atoms with Gasteiger partial charge < -0.3 is 10.1 Å². The fourth-order valence-electron chi connectivity index (χ4n) is 1.74. The molecular weight excluding hydrogens is 341 g/mol. The molecule has 3 nitrogen and oxygen atoms in total. The predicted octanol–water partition coefficient (Wildman–Crippen LogP) is 2.78. The summed E-state index contributed by atoms with van der Waals surface area (Å²) in [6.45, 7) is 3.30.